The van der Waals surface area contributed by atoms with E-state index in [1.165, 1.54) is 6.92 Å². The summed E-state index contributed by atoms with van der Waals surface area (Å²) in [7, 11) is 0. The standard InChI is InChI=1S/C13H14N2O3/c1-7(16)12-9(6-10(14)13(17)18)8-4-2-3-5-11(8)15-12/h2-5,10,15H,6,14H2,1H3,(H,17,18). The molecule has 0 amide bonds. The molecule has 1 heterocycles. The molecule has 0 spiro atoms. The third-order valence-electron chi connectivity index (χ3n) is 2.91. The first-order valence-corrected chi connectivity index (χ1v) is 5.59. The van der Waals surface area contributed by atoms with Gasteiger partial charge in [0.05, 0.1) is 5.69 Å². The smallest absolute Gasteiger partial charge is 0.320 e. The summed E-state index contributed by atoms with van der Waals surface area (Å²) in [6.45, 7) is 1.44. The van der Waals surface area contributed by atoms with Gasteiger partial charge in [-0.1, -0.05) is 18.2 Å². The van der Waals surface area contributed by atoms with Crippen molar-refractivity contribution < 1.29 is 14.7 Å². The second-order valence-corrected chi connectivity index (χ2v) is 4.23. The van der Waals surface area contributed by atoms with E-state index in [-0.39, 0.29) is 12.2 Å². The van der Waals surface area contributed by atoms with Gasteiger partial charge in [-0.2, -0.15) is 0 Å². The van der Waals surface area contributed by atoms with Crippen LogP contribution in [0.25, 0.3) is 10.9 Å². The fourth-order valence-corrected chi connectivity index (χ4v) is 2.02. The van der Waals surface area contributed by atoms with E-state index in [1.54, 1.807) is 0 Å². The van der Waals surface area contributed by atoms with Gasteiger partial charge in [0.15, 0.2) is 5.78 Å². The minimum Gasteiger partial charge on any atom is -0.480 e. The number of hydrogen-bond acceptors (Lipinski definition) is 3. The molecule has 0 saturated heterocycles. The molecule has 5 heteroatoms. The van der Waals surface area contributed by atoms with Crippen molar-refractivity contribution in [3.05, 3.63) is 35.5 Å². The van der Waals surface area contributed by atoms with E-state index in [0.29, 0.717) is 11.3 Å². The van der Waals surface area contributed by atoms with E-state index in [2.05, 4.69) is 4.98 Å². The molecule has 0 radical (unpaired) electrons. The molecule has 0 saturated carbocycles. The van der Waals surface area contributed by atoms with Crippen LogP contribution in [0.4, 0.5) is 0 Å². The lowest BCUT2D eigenvalue weighted by molar-refractivity contribution is -0.138. The fourth-order valence-electron chi connectivity index (χ4n) is 2.02. The summed E-state index contributed by atoms with van der Waals surface area (Å²) in [4.78, 5) is 25.4. The van der Waals surface area contributed by atoms with E-state index >= 15 is 0 Å². The van der Waals surface area contributed by atoms with Crippen LogP contribution in [0, 0.1) is 0 Å². The zero-order valence-electron chi connectivity index (χ0n) is 9.93. The molecule has 0 bridgehead atoms. The Morgan fingerprint density at radius 1 is 1.39 bits per heavy atom. The molecule has 1 aromatic heterocycles. The molecular formula is C13H14N2O3. The van der Waals surface area contributed by atoms with E-state index < -0.39 is 12.0 Å². The molecule has 4 N–H and O–H groups in total. The highest BCUT2D eigenvalue weighted by atomic mass is 16.4. The quantitative estimate of drug-likeness (QED) is 0.709. The first kappa shape index (κ1) is 12.3. The van der Waals surface area contributed by atoms with Crippen LogP contribution in [0.5, 0.6) is 0 Å². The number of benzene rings is 1. The molecule has 5 nitrogen and oxygen atoms in total. The lowest BCUT2D eigenvalue weighted by Gasteiger charge is -2.06. The number of carbonyl (C=O) groups excluding carboxylic acids is 1. The number of ketones is 1. The Labute approximate surface area is 104 Å². The minimum atomic E-state index is -1.07. The van der Waals surface area contributed by atoms with Crippen LogP contribution in [-0.2, 0) is 11.2 Å². The second-order valence-electron chi connectivity index (χ2n) is 4.23. The summed E-state index contributed by atoms with van der Waals surface area (Å²) in [6.07, 6.45) is 0.133. The van der Waals surface area contributed by atoms with Crippen molar-refractivity contribution in [2.75, 3.05) is 0 Å². The number of para-hydroxylation sites is 1. The molecule has 2 rings (SSSR count). The first-order chi connectivity index (χ1) is 8.50. The predicted molar refractivity (Wildman–Crippen MR) is 67.6 cm³/mol. The van der Waals surface area contributed by atoms with Gasteiger partial charge in [0.25, 0.3) is 0 Å². The summed E-state index contributed by atoms with van der Waals surface area (Å²) in [6, 6.07) is 6.38. The summed E-state index contributed by atoms with van der Waals surface area (Å²) >= 11 is 0. The topological polar surface area (TPSA) is 96.2 Å². The molecule has 0 fully saturated rings. The Kier molecular flexibility index (Phi) is 3.16. The number of Topliss-reactive ketones (excluding diaryl/α,β-unsaturated/α-hetero) is 1. The number of H-pyrrole nitrogens is 1. The van der Waals surface area contributed by atoms with Gasteiger partial charge in [-0.3, -0.25) is 9.59 Å². The van der Waals surface area contributed by atoms with Crippen LogP contribution >= 0.6 is 0 Å². The molecule has 2 aromatic rings. The summed E-state index contributed by atoms with van der Waals surface area (Å²) in [5.41, 5.74) is 7.47. The van der Waals surface area contributed by atoms with E-state index in [9.17, 15) is 9.59 Å². The van der Waals surface area contributed by atoms with Gasteiger partial charge < -0.3 is 15.8 Å². The van der Waals surface area contributed by atoms with Crippen LogP contribution in [0.15, 0.2) is 24.3 Å². The lowest BCUT2D eigenvalue weighted by Crippen LogP contribution is -2.32. The zero-order valence-corrected chi connectivity index (χ0v) is 9.93. The number of carboxylic acid groups (broad SMARTS) is 1. The van der Waals surface area contributed by atoms with Gasteiger partial charge >= 0.3 is 5.97 Å². The van der Waals surface area contributed by atoms with Crippen molar-refractivity contribution in [1.82, 2.24) is 4.98 Å². The molecular weight excluding hydrogens is 232 g/mol. The van der Waals surface area contributed by atoms with Crippen molar-refractivity contribution in [1.29, 1.82) is 0 Å². The molecule has 0 aliphatic rings. The van der Waals surface area contributed by atoms with Gasteiger partial charge in [-0.15, -0.1) is 0 Å². The van der Waals surface area contributed by atoms with E-state index in [0.717, 1.165) is 10.9 Å². The SMILES string of the molecule is CC(=O)c1[nH]c2ccccc2c1CC(N)C(=O)O. The number of aromatic nitrogens is 1. The fraction of sp³-hybridized carbons (Fsp3) is 0.231. The van der Waals surface area contributed by atoms with Crippen LogP contribution in [-0.4, -0.2) is 27.9 Å². The normalized spacial score (nSPS) is 12.6. The average molecular weight is 246 g/mol. The number of nitrogens with one attached hydrogen (secondary N) is 1. The number of fused-ring (bicyclic) bond motifs is 1. The van der Waals surface area contributed by atoms with Crippen molar-refractivity contribution in [3.8, 4) is 0 Å². The van der Waals surface area contributed by atoms with Crippen LogP contribution in [0.1, 0.15) is 23.0 Å². The molecule has 0 aliphatic heterocycles. The maximum Gasteiger partial charge on any atom is 0.320 e. The van der Waals surface area contributed by atoms with Crippen molar-refractivity contribution in [3.63, 3.8) is 0 Å². The average Bonchev–Trinajstić information content (AvgIpc) is 2.68. The van der Waals surface area contributed by atoms with Crippen LogP contribution in [0.3, 0.4) is 0 Å². The van der Waals surface area contributed by atoms with Gasteiger partial charge in [-0.25, -0.2) is 0 Å². The van der Waals surface area contributed by atoms with E-state index in [1.807, 2.05) is 24.3 Å². The Balaban J connectivity index is 2.55. The maximum atomic E-state index is 11.6. The highest BCUT2D eigenvalue weighted by molar-refractivity contribution is 6.01. The summed E-state index contributed by atoms with van der Waals surface area (Å²) in [5, 5.41) is 9.71. The number of aliphatic carboxylic acids is 1. The predicted octanol–water partition coefficient (Wildman–Crippen LogP) is 1.32. The van der Waals surface area contributed by atoms with Crippen LogP contribution < -0.4 is 5.73 Å². The molecule has 18 heavy (non-hydrogen) atoms. The minimum absolute atomic E-state index is 0.126. The highest BCUT2D eigenvalue weighted by Gasteiger charge is 2.20. The Bertz CT molecular complexity index is 616. The molecule has 1 unspecified atom stereocenters. The van der Waals surface area contributed by atoms with Gasteiger partial charge in [0, 0.05) is 24.2 Å². The largest absolute Gasteiger partial charge is 0.480 e. The van der Waals surface area contributed by atoms with Crippen molar-refractivity contribution in [2.45, 2.75) is 19.4 Å². The van der Waals surface area contributed by atoms with Crippen molar-refractivity contribution >= 4 is 22.7 Å². The maximum absolute atomic E-state index is 11.6. The Morgan fingerprint density at radius 2 is 2.06 bits per heavy atom. The van der Waals surface area contributed by atoms with Crippen molar-refractivity contribution in [2.24, 2.45) is 5.73 Å². The third-order valence-corrected chi connectivity index (χ3v) is 2.91. The Hall–Kier alpha value is -2.14. The summed E-state index contributed by atoms with van der Waals surface area (Å²) < 4.78 is 0. The molecule has 94 valence electrons. The highest BCUT2D eigenvalue weighted by Crippen LogP contribution is 2.23. The molecule has 1 atom stereocenters. The molecule has 1 aromatic carbocycles. The number of rotatable bonds is 4. The summed E-state index contributed by atoms with van der Waals surface area (Å²) in [5.74, 6) is -1.20. The number of aromatic amines is 1. The number of nitrogens with two attached hydrogens (primary N) is 1. The molecule has 0 aliphatic carbocycles. The first-order valence-electron chi connectivity index (χ1n) is 5.59. The van der Waals surface area contributed by atoms with Crippen LogP contribution in [0.2, 0.25) is 0 Å². The number of carbonyl (C=O) groups is 2. The second kappa shape index (κ2) is 4.62. The van der Waals surface area contributed by atoms with E-state index in [4.69, 9.17) is 10.8 Å². The number of carboxylic acids is 1. The van der Waals surface area contributed by atoms with Gasteiger partial charge in [0.1, 0.15) is 6.04 Å². The Morgan fingerprint density at radius 3 is 2.67 bits per heavy atom. The third kappa shape index (κ3) is 2.12. The lowest BCUT2D eigenvalue weighted by atomic mass is 10.0. The monoisotopic (exact) mass is 246 g/mol. The number of hydrogen-bond donors (Lipinski definition) is 3. The zero-order chi connectivity index (χ0) is 13.3. The van der Waals surface area contributed by atoms with Gasteiger partial charge in [0.2, 0.25) is 0 Å². The van der Waals surface area contributed by atoms with Gasteiger partial charge in [-0.05, 0) is 11.6 Å².